The Hall–Kier alpha value is -0.330. The number of halogens is 1. The van der Waals surface area contributed by atoms with Crippen molar-refractivity contribution in [3.05, 3.63) is 0 Å². The van der Waals surface area contributed by atoms with Crippen LogP contribution in [0.15, 0.2) is 0 Å². The van der Waals surface area contributed by atoms with Crippen LogP contribution in [0, 0.1) is 0 Å². The molecule has 0 aromatic rings. The van der Waals surface area contributed by atoms with Gasteiger partial charge >= 0.3 is 0 Å². The zero-order valence-corrected chi connectivity index (χ0v) is 12.6. The number of hydrogen-bond acceptors (Lipinski definition) is 4. The van der Waals surface area contributed by atoms with Crippen molar-refractivity contribution in [3.8, 4) is 0 Å². The third kappa shape index (κ3) is 5.12. The minimum atomic E-state index is -2.99. The van der Waals surface area contributed by atoms with Crippen LogP contribution in [0.1, 0.15) is 39.5 Å². The van der Waals surface area contributed by atoms with Crippen molar-refractivity contribution in [3.63, 3.8) is 0 Å². The van der Waals surface area contributed by atoms with Crippen molar-refractivity contribution < 1.29 is 13.2 Å². The van der Waals surface area contributed by atoms with Gasteiger partial charge in [-0.15, -0.1) is 12.4 Å². The highest BCUT2D eigenvalue weighted by molar-refractivity contribution is 7.91. The quantitative estimate of drug-likeness (QED) is 0.796. The van der Waals surface area contributed by atoms with E-state index in [1.54, 1.807) is 6.92 Å². The second-order valence-corrected chi connectivity index (χ2v) is 7.32. The molecule has 1 amide bonds. The molecule has 1 saturated heterocycles. The number of carbonyl (C=O) groups is 1. The topological polar surface area (TPSA) is 89.3 Å². The third-order valence-corrected chi connectivity index (χ3v) is 4.91. The van der Waals surface area contributed by atoms with E-state index in [1.165, 1.54) is 0 Å². The van der Waals surface area contributed by atoms with Crippen molar-refractivity contribution in [2.45, 2.75) is 51.1 Å². The molecule has 3 N–H and O–H groups in total. The van der Waals surface area contributed by atoms with E-state index in [-0.39, 0.29) is 35.9 Å². The van der Waals surface area contributed by atoms with Gasteiger partial charge in [-0.25, -0.2) is 8.42 Å². The molecule has 18 heavy (non-hydrogen) atoms. The number of hydrogen-bond donors (Lipinski definition) is 2. The molecule has 0 bridgehead atoms. The van der Waals surface area contributed by atoms with Gasteiger partial charge in [0.25, 0.3) is 0 Å². The largest absolute Gasteiger partial charge is 0.351 e. The SMILES string of the molecule is CCCC(C)(N)C(=O)NC1CCCS(=O)(=O)C1.Cl. The van der Waals surface area contributed by atoms with Gasteiger partial charge in [-0.2, -0.15) is 0 Å². The summed E-state index contributed by atoms with van der Waals surface area (Å²) < 4.78 is 22.9. The first-order chi connectivity index (χ1) is 7.77. The van der Waals surface area contributed by atoms with Crippen LogP contribution in [0.25, 0.3) is 0 Å². The molecule has 1 heterocycles. The Labute approximate surface area is 115 Å². The molecular formula is C11H23ClN2O3S. The number of sulfone groups is 1. The maximum absolute atomic E-state index is 11.9. The number of rotatable bonds is 4. The molecule has 2 unspecified atom stereocenters. The highest BCUT2D eigenvalue weighted by Crippen LogP contribution is 2.14. The molecule has 1 aliphatic rings. The molecule has 0 spiro atoms. The smallest absolute Gasteiger partial charge is 0.240 e. The predicted octanol–water partition coefficient (Wildman–Crippen LogP) is 0.619. The lowest BCUT2D eigenvalue weighted by Crippen LogP contribution is -2.56. The van der Waals surface area contributed by atoms with Crippen LogP contribution in [0.2, 0.25) is 0 Å². The minimum absolute atomic E-state index is 0. The van der Waals surface area contributed by atoms with Gasteiger partial charge in [0.05, 0.1) is 17.0 Å². The summed E-state index contributed by atoms with van der Waals surface area (Å²) >= 11 is 0. The van der Waals surface area contributed by atoms with Crippen molar-refractivity contribution in [2.75, 3.05) is 11.5 Å². The van der Waals surface area contributed by atoms with E-state index in [4.69, 9.17) is 5.73 Å². The number of nitrogens with two attached hydrogens (primary N) is 1. The van der Waals surface area contributed by atoms with Crippen LogP contribution in [0.4, 0.5) is 0 Å². The van der Waals surface area contributed by atoms with Gasteiger partial charge < -0.3 is 11.1 Å². The Morgan fingerprint density at radius 3 is 2.61 bits per heavy atom. The van der Waals surface area contributed by atoms with Crippen LogP contribution in [-0.2, 0) is 14.6 Å². The zero-order valence-electron chi connectivity index (χ0n) is 10.9. The molecule has 108 valence electrons. The Balaban J connectivity index is 0.00000289. The van der Waals surface area contributed by atoms with E-state index in [2.05, 4.69) is 5.32 Å². The summed E-state index contributed by atoms with van der Waals surface area (Å²) in [5.41, 5.74) is 4.99. The minimum Gasteiger partial charge on any atom is -0.351 e. The van der Waals surface area contributed by atoms with Crippen LogP contribution < -0.4 is 11.1 Å². The molecule has 7 heteroatoms. The fourth-order valence-corrected chi connectivity index (χ4v) is 3.76. The molecule has 0 aliphatic carbocycles. The zero-order chi connectivity index (χ0) is 13.1. The molecule has 1 rings (SSSR count). The third-order valence-electron chi connectivity index (χ3n) is 3.09. The summed E-state index contributed by atoms with van der Waals surface area (Å²) in [5.74, 6) is 0.0243. The molecule has 5 nitrogen and oxygen atoms in total. The molecular weight excluding hydrogens is 276 g/mol. The second-order valence-electron chi connectivity index (χ2n) is 5.09. The molecule has 0 aromatic carbocycles. The van der Waals surface area contributed by atoms with Crippen LogP contribution >= 0.6 is 12.4 Å². The van der Waals surface area contributed by atoms with E-state index >= 15 is 0 Å². The highest BCUT2D eigenvalue weighted by atomic mass is 35.5. The maximum atomic E-state index is 11.9. The van der Waals surface area contributed by atoms with E-state index in [0.29, 0.717) is 19.3 Å². The van der Waals surface area contributed by atoms with E-state index in [1.807, 2.05) is 6.92 Å². The number of amides is 1. The average Bonchev–Trinajstić information content (AvgIpc) is 2.15. The molecule has 0 saturated carbocycles. The lowest BCUT2D eigenvalue weighted by atomic mass is 9.96. The van der Waals surface area contributed by atoms with Crippen LogP contribution in [-0.4, -0.2) is 37.4 Å². The summed E-state index contributed by atoms with van der Waals surface area (Å²) in [7, 11) is -2.99. The Morgan fingerprint density at radius 1 is 1.50 bits per heavy atom. The number of nitrogens with one attached hydrogen (secondary N) is 1. The van der Waals surface area contributed by atoms with Gasteiger partial charge in [-0.1, -0.05) is 13.3 Å². The van der Waals surface area contributed by atoms with Crippen molar-refractivity contribution in [1.82, 2.24) is 5.32 Å². The fraction of sp³-hybridized carbons (Fsp3) is 0.909. The summed E-state index contributed by atoms with van der Waals surface area (Å²) in [4.78, 5) is 11.9. The summed E-state index contributed by atoms with van der Waals surface area (Å²) in [6.07, 6.45) is 2.75. The predicted molar refractivity (Wildman–Crippen MR) is 74.6 cm³/mol. The van der Waals surface area contributed by atoms with Gasteiger partial charge in [-0.3, -0.25) is 4.79 Å². The second kappa shape index (κ2) is 6.73. The maximum Gasteiger partial charge on any atom is 0.240 e. The Morgan fingerprint density at radius 2 is 2.11 bits per heavy atom. The van der Waals surface area contributed by atoms with Crippen LogP contribution in [0.3, 0.4) is 0 Å². The molecule has 1 aliphatic heterocycles. The molecule has 1 fully saturated rings. The monoisotopic (exact) mass is 298 g/mol. The van der Waals surface area contributed by atoms with Gasteiger partial charge in [0.1, 0.15) is 0 Å². The van der Waals surface area contributed by atoms with E-state index < -0.39 is 15.4 Å². The molecule has 0 radical (unpaired) electrons. The normalized spacial score (nSPS) is 25.6. The fourth-order valence-electron chi connectivity index (χ4n) is 2.12. The lowest BCUT2D eigenvalue weighted by Gasteiger charge is -2.28. The Kier molecular flexibility index (Phi) is 6.60. The molecule has 0 aromatic heterocycles. The molecule has 2 atom stereocenters. The average molecular weight is 299 g/mol. The van der Waals surface area contributed by atoms with Gasteiger partial charge in [0, 0.05) is 6.04 Å². The summed E-state index contributed by atoms with van der Waals surface area (Å²) in [6, 6.07) is -0.277. The Bertz CT molecular complexity index is 382. The summed E-state index contributed by atoms with van der Waals surface area (Å²) in [5, 5.41) is 2.76. The van der Waals surface area contributed by atoms with E-state index in [9.17, 15) is 13.2 Å². The van der Waals surface area contributed by atoms with Crippen molar-refractivity contribution in [1.29, 1.82) is 0 Å². The van der Waals surface area contributed by atoms with Gasteiger partial charge in [0.15, 0.2) is 9.84 Å². The van der Waals surface area contributed by atoms with Crippen molar-refractivity contribution >= 4 is 28.2 Å². The first-order valence-corrected chi connectivity index (χ1v) is 7.89. The first kappa shape index (κ1) is 17.7. The van der Waals surface area contributed by atoms with Crippen molar-refractivity contribution in [2.24, 2.45) is 5.73 Å². The van der Waals surface area contributed by atoms with Gasteiger partial charge in [0.2, 0.25) is 5.91 Å². The van der Waals surface area contributed by atoms with E-state index in [0.717, 1.165) is 6.42 Å². The number of carbonyl (C=O) groups excluding carboxylic acids is 1. The van der Waals surface area contributed by atoms with Crippen LogP contribution in [0.5, 0.6) is 0 Å². The highest BCUT2D eigenvalue weighted by Gasteiger charge is 2.32. The summed E-state index contributed by atoms with van der Waals surface area (Å²) in [6.45, 7) is 3.65. The van der Waals surface area contributed by atoms with Gasteiger partial charge in [-0.05, 0) is 26.2 Å². The first-order valence-electron chi connectivity index (χ1n) is 6.07. The standard InChI is InChI=1S/C11H22N2O3S.ClH/c1-3-6-11(2,12)10(14)13-9-5-4-7-17(15,16)8-9;/h9H,3-8,12H2,1-2H3,(H,13,14);1H. The lowest BCUT2D eigenvalue weighted by molar-refractivity contribution is -0.126.